The highest BCUT2D eigenvalue weighted by atomic mass is 19.1. The predicted molar refractivity (Wildman–Crippen MR) is 65.6 cm³/mol. The number of carboxylic acids is 1. The lowest BCUT2D eigenvalue weighted by molar-refractivity contribution is 0.0691. The summed E-state index contributed by atoms with van der Waals surface area (Å²) in [5, 5.41) is 11.9. The molecule has 5 heteroatoms. The van der Waals surface area contributed by atoms with Gasteiger partial charge in [-0.05, 0) is 37.3 Å². The zero-order valence-corrected chi connectivity index (χ0v) is 9.64. The fraction of sp³-hybridized carbons (Fsp3) is 0.0769. The second-order valence-electron chi connectivity index (χ2n) is 3.79. The van der Waals surface area contributed by atoms with Crippen LogP contribution in [0.25, 0.3) is 0 Å². The zero-order valence-electron chi connectivity index (χ0n) is 9.64. The highest BCUT2D eigenvalue weighted by Gasteiger charge is 2.12. The summed E-state index contributed by atoms with van der Waals surface area (Å²) in [7, 11) is 0. The van der Waals surface area contributed by atoms with Gasteiger partial charge in [0.25, 0.3) is 0 Å². The fourth-order valence-corrected chi connectivity index (χ4v) is 1.54. The molecule has 0 aliphatic carbocycles. The Morgan fingerprint density at radius 1 is 1.33 bits per heavy atom. The third-order valence-corrected chi connectivity index (χ3v) is 2.34. The van der Waals surface area contributed by atoms with Crippen molar-refractivity contribution in [3.8, 4) is 0 Å². The van der Waals surface area contributed by atoms with Crippen LogP contribution in [-0.2, 0) is 0 Å². The Labute approximate surface area is 103 Å². The topological polar surface area (TPSA) is 62.2 Å². The van der Waals surface area contributed by atoms with E-state index in [0.717, 1.165) is 0 Å². The number of carbonyl (C=O) groups is 1. The van der Waals surface area contributed by atoms with Crippen LogP contribution in [0.15, 0.2) is 36.4 Å². The van der Waals surface area contributed by atoms with E-state index in [-0.39, 0.29) is 5.69 Å². The lowest BCUT2D eigenvalue weighted by Gasteiger charge is -2.09. The Bertz CT molecular complexity index is 599. The van der Waals surface area contributed by atoms with Crippen LogP contribution in [0.4, 0.5) is 15.8 Å². The maximum absolute atomic E-state index is 13.0. The summed E-state index contributed by atoms with van der Waals surface area (Å²) in [4.78, 5) is 15.0. The zero-order chi connectivity index (χ0) is 13.1. The van der Waals surface area contributed by atoms with Crippen molar-refractivity contribution < 1.29 is 14.3 Å². The SMILES string of the molecule is Cc1ccc(Nc2cccc(F)c2)c(C(=O)O)n1. The van der Waals surface area contributed by atoms with E-state index in [1.807, 2.05) is 0 Å². The molecule has 4 nitrogen and oxygen atoms in total. The molecule has 0 amide bonds. The summed E-state index contributed by atoms with van der Waals surface area (Å²) >= 11 is 0. The summed E-state index contributed by atoms with van der Waals surface area (Å²) in [6.07, 6.45) is 0. The molecule has 0 saturated carbocycles. The minimum absolute atomic E-state index is 0.0840. The molecule has 0 radical (unpaired) electrons. The average molecular weight is 246 g/mol. The Morgan fingerprint density at radius 3 is 2.78 bits per heavy atom. The van der Waals surface area contributed by atoms with E-state index in [0.29, 0.717) is 17.1 Å². The van der Waals surface area contributed by atoms with Gasteiger partial charge < -0.3 is 10.4 Å². The number of pyridine rings is 1. The molecular formula is C13H11FN2O2. The summed E-state index contributed by atoms with van der Waals surface area (Å²) in [6, 6.07) is 9.08. The summed E-state index contributed by atoms with van der Waals surface area (Å²) in [6.45, 7) is 1.71. The smallest absolute Gasteiger partial charge is 0.356 e. The van der Waals surface area contributed by atoms with Gasteiger partial charge in [0, 0.05) is 11.4 Å². The number of aryl methyl sites for hydroxylation is 1. The first kappa shape index (κ1) is 12.0. The molecule has 1 aromatic heterocycles. The Balaban J connectivity index is 2.37. The first-order valence-corrected chi connectivity index (χ1v) is 5.30. The molecule has 0 fully saturated rings. The van der Waals surface area contributed by atoms with Crippen LogP contribution < -0.4 is 5.32 Å². The van der Waals surface area contributed by atoms with Crippen molar-refractivity contribution in [1.29, 1.82) is 0 Å². The molecule has 0 unspecified atom stereocenters. The van der Waals surface area contributed by atoms with Gasteiger partial charge in [0.05, 0.1) is 5.69 Å². The lowest BCUT2D eigenvalue weighted by atomic mass is 10.2. The van der Waals surface area contributed by atoms with Gasteiger partial charge >= 0.3 is 5.97 Å². The van der Waals surface area contributed by atoms with Crippen LogP contribution >= 0.6 is 0 Å². The number of hydrogen-bond acceptors (Lipinski definition) is 3. The Hall–Kier alpha value is -2.43. The van der Waals surface area contributed by atoms with Crippen LogP contribution in [0.2, 0.25) is 0 Å². The molecule has 18 heavy (non-hydrogen) atoms. The second-order valence-corrected chi connectivity index (χ2v) is 3.79. The molecule has 0 aliphatic heterocycles. The van der Waals surface area contributed by atoms with Crippen LogP contribution in [0.5, 0.6) is 0 Å². The van der Waals surface area contributed by atoms with Gasteiger partial charge in [-0.3, -0.25) is 0 Å². The van der Waals surface area contributed by atoms with Crippen molar-refractivity contribution in [3.05, 3.63) is 53.6 Å². The molecular weight excluding hydrogens is 235 g/mol. The monoisotopic (exact) mass is 246 g/mol. The van der Waals surface area contributed by atoms with E-state index < -0.39 is 11.8 Å². The van der Waals surface area contributed by atoms with E-state index in [9.17, 15) is 9.18 Å². The van der Waals surface area contributed by atoms with Gasteiger partial charge in [0.15, 0.2) is 5.69 Å². The molecule has 1 aromatic carbocycles. The molecule has 0 aliphatic rings. The standard InChI is InChI=1S/C13H11FN2O2/c1-8-5-6-11(12(15-8)13(17)18)16-10-4-2-3-9(14)7-10/h2-7,16H,1H3,(H,17,18). The van der Waals surface area contributed by atoms with Crippen LogP contribution in [0.3, 0.4) is 0 Å². The van der Waals surface area contributed by atoms with Crippen molar-refractivity contribution in [3.63, 3.8) is 0 Å². The van der Waals surface area contributed by atoms with Crippen LogP contribution in [-0.4, -0.2) is 16.1 Å². The van der Waals surface area contributed by atoms with Crippen molar-refractivity contribution in [2.45, 2.75) is 6.92 Å². The fourth-order valence-electron chi connectivity index (χ4n) is 1.54. The van der Waals surface area contributed by atoms with Gasteiger partial charge in [0.2, 0.25) is 0 Å². The van der Waals surface area contributed by atoms with E-state index in [2.05, 4.69) is 10.3 Å². The average Bonchev–Trinajstić information content (AvgIpc) is 2.31. The quantitative estimate of drug-likeness (QED) is 0.874. The van der Waals surface area contributed by atoms with Gasteiger partial charge in [-0.2, -0.15) is 0 Å². The summed E-state index contributed by atoms with van der Waals surface area (Å²) in [5.74, 6) is -1.52. The third-order valence-electron chi connectivity index (χ3n) is 2.34. The number of aromatic carboxylic acids is 1. The van der Waals surface area contributed by atoms with Gasteiger partial charge in [-0.25, -0.2) is 14.2 Å². The molecule has 0 bridgehead atoms. The molecule has 0 saturated heterocycles. The molecule has 92 valence electrons. The predicted octanol–water partition coefficient (Wildman–Crippen LogP) is 2.97. The van der Waals surface area contributed by atoms with E-state index in [1.165, 1.54) is 12.1 Å². The first-order chi connectivity index (χ1) is 8.56. The van der Waals surface area contributed by atoms with Crippen molar-refractivity contribution >= 4 is 17.3 Å². The number of aromatic nitrogens is 1. The number of anilines is 2. The van der Waals surface area contributed by atoms with Crippen molar-refractivity contribution in [2.75, 3.05) is 5.32 Å². The van der Waals surface area contributed by atoms with Crippen molar-refractivity contribution in [2.24, 2.45) is 0 Å². The first-order valence-electron chi connectivity index (χ1n) is 5.30. The number of hydrogen-bond donors (Lipinski definition) is 2. The number of rotatable bonds is 3. The summed E-state index contributed by atoms with van der Waals surface area (Å²) < 4.78 is 13.0. The molecule has 0 atom stereocenters. The molecule has 2 rings (SSSR count). The third kappa shape index (κ3) is 2.63. The molecule has 2 aromatic rings. The number of nitrogens with zero attached hydrogens (tertiary/aromatic N) is 1. The molecule has 0 spiro atoms. The van der Waals surface area contributed by atoms with Gasteiger partial charge in [-0.1, -0.05) is 6.07 Å². The number of benzene rings is 1. The highest BCUT2D eigenvalue weighted by Crippen LogP contribution is 2.20. The highest BCUT2D eigenvalue weighted by molar-refractivity contribution is 5.93. The van der Waals surface area contributed by atoms with Gasteiger partial charge in [0.1, 0.15) is 5.82 Å². The molecule has 1 heterocycles. The normalized spacial score (nSPS) is 10.1. The van der Waals surface area contributed by atoms with E-state index >= 15 is 0 Å². The largest absolute Gasteiger partial charge is 0.476 e. The Morgan fingerprint density at radius 2 is 2.11 bits per heavy atom. The minimum Gasteiger partial charge on any atom is -0.476 e. The summed E-state index contributed by atoms with van der Waals surface area (Å²) in [5.41, 5.74) is 1.33. The number of carboxylic acid groups (broad SMARTS) is 1. The van der Waals surface area contributed by atoms with Crippen LogP contribution in [0.1, 0.15) is 16.2 Å². The van der Waals surface area contributed by atoms with E-state index in [4.69, 9.17) is 5.11 Å². The lowest BCUT2D eigenvalue weighted by Crippen LogP contribution is -2.06. The van der Waals surface area contributed by atoms with E-state index in [1.54, 1.807) is 31.2 Å². The van der Waals surface area contributed by atoms with Crippen molar-refractivity contribution in [1.82, 2.24) is 4.98 Å². The number of halogens is 1. The molecule has 2 N–H and O–H groups in total. The maximum Gasteiger partial charge on any atom is 0.356 e. The van der Waals surface area contributed by atoms with Gasteiger partial charge in [-0.15, -0.1) is 0 Å². The minimum atomic E-state index is -1.13. The maximum atomic E-state index is 13.0. The number of nitrogens with one attached hydrogen (secondary N) is 1. The second kappa shape index (κ2) is 4.83. The van der Waals surface area contributed by atoms with Crippen LogP contribution in [0, 0.1) is 12.7 Å². The Kier molecular flexibility index (Phi) is 3.23.